The SMILES string of the molecule is Cn1cc(C(O)CNC(=O)NC2CCN(Cc3ccc(F)cc3)CC2)cn1. The van der Waals surface area contributed by atoms with Gasteiger partial charge in [0.2, 0.25) is 0 Å². The number of rotatable bonds is 6. The monoisotopic (exact) mass is 375 g/mol. The van der Waals surface area contributed by atoms with Gasteiger partial charge in [0.15, 0.2) is 0 Å². The number of aliphatic hydroxyl groups is 1. The molecule has 0 aliphatic carbocycles. The van der Waals surface area contributed by atoms with E-state index in [1.807, 2.05) is 0 Å². The molecule has 1 atom stereocenters. The topological polar surface area (TPSA) is 82.4 Å². The molecule has 1 aromatic carbocycles. The van der Waals surface area contributed by atoms with Crippen LogP contribution < -0.4 is 10.6 Å². The summed E-state index contributed by atoms with van der Waals surface area (Å²) >= 11 is 0. The highest BCUT2D eigenvalue weighted by Gasteiger charge is 2.21. The Morgan fingerprint density at radius 3 is 2.67 bits per heavy atom. The van der Waals surface area contributed by atoms with E-state index >= 15 is 0 Å². The summed E-state index contributed by atoms with van der Waals surface area (Å²) in [6.07, 6.45) is 4.25. The predicted molar refractivity (Wildman–Crippen MR) is 99.4 cm³/mol. The number of hydrogen-bond donors (Lipinski definition) is 3. The van der Waals surface area contributed by atoms with Crippen molar-refractivity contribution in [1.82, 2.24) is 25.3 Å². The van der Waals surface area contributed by atoms with E-state index in [1.54, 1.807) is 36.3 Å². The molecule has 0 radical (unpaired) electrons. The Balaban J connectivity index is 1.36. The number of carbonyl (C=O) groups excluding carboxylic acids is 1. The quantitative estimate of drug-likeness (QED) is 0.716. The predicted octanol–water partition coefficient (Wildman–Crippen LogP) is 1.56. The van der Waals surface area contributed by atoms with Crippen molar-refractivity contribution in [2.24, 2.45) is 7.05 Å². The van der Waals surface area contributed by atoms with Gasteiger partial charge < -0.3 is 15.7 Å². The van der Waals surface area contributed by atoms with Crippen LogP contribution in [0.25, 0.3) is 0 Å². The highest BCUT2D eigenvalue weighted by atomic mass is 19.1. The molecule has 1 fully saturated rings. The first-order valence-corrected chi connectivity index (χ1v) is 9.17. The fourth-order valence-corrected chi connectivity index (χ4v) is 3.24. The third-order valence-corrected chi connectivity index (χ3v) is 4.81. The summed E-state index contributed by atoms with van der Waals surface area (Å²) in [6.45, 7) is 2.68. The van der Waals surface area contributed by atoms with Gasteiger partial charge in [0.1, 0.15) is 5.82 Å². The van der Waals surface area contributed by atoms with Gasteiger partial charge in [-0.2, -0.15) is 5.10 Å². The molecule has 1 aliphatic rings. The standard InChI is InChI=1S/C19H26FN5O2/c1-24-13-15(10-22-24)18(26)11-21-19(27)23-17-6-8-25(9-7-17)12-14-2-4-16(20)5-3-14/h2-5,10,13,17-18,26H,6-9,11-12H2,1H3,(H2,21,23,27). The molecule has 0 spiro atoms. The number of aromatic nitrogens is 2. The molecule has 0 bridgehead atoms. The maximum atomic E-state index is 13.0. The number of nitrogens with zero attached hydrogens (tertiary/aromatic N) is 3. The Morgan fingerprint density at radius 2 is 2.04 bits per heavy atom. The van der Waals surface area contributed by atoms with E-state index in [4.69, 9.17) is 0 Å². The first-order chi connectivity index (χ1) is 13.0. The molecule has 8 heteroatoms. The highest BCUT2D eigenvalue weighted by Crippen LogP contribution is 2.14. The van der Waals surface area contributed by atoms with Crippen LogP contribution in [0.4, 0.5) is 9.18 Å². The number of urea groups is 1. The number of halogens is 1. The van der Waals surface area contributed by atoms with Crippen molar-refractivity contribution in [3.05, 3.63) is 53.6 Å². The van der Waals surface area contributed by atoms with Crippen LogP contribution in [0.15, 0.2) is 36.7 Å². The summed E-state index contributed by atoms with van der Waals surface area (Å²) in [4.78, 5) is 14.4. The van der Waals surface area contributed by atoms with Crippen LogP contribution in [0.3, 0.4) is 0 Å². The van der Waals surface area contributed by atoms with E-state index in [0.717, 1.165) is 38.0 Å². The third-order valence-electron chi connectivity index (χ3n) is 4.81. The summed E-state index contributed by atoms with van der Waals surface area (Å²) < 4.78 is 14.6. The van der Waals surface area contributed by atoms with Gasteiger partial charge in [0, 0.05) is 51.0 Å². The van der Waals surface area contributed by atoms with E-state index in [2.05, 4.69) is 20.6 Å². The van der Waals surface area contributed by atoms with E-state index in [1.165, 1.54) is 12.1 Å². The number of hydrogen-bond acceptors (Lipinski definition) is 4. The summed E-state index contributed by atoms with van der Waals surface area (Å²) in [6, 6.07) is 6.42. The van der Waals surface area contributed by atoms with Crippen molar-refractivity contribution in [3.8, 4) is 0 Å². The molecule has 2 heterocycles. The number of benzene rings is 1. The second-order valence-electron chi connectivity index (χ2n) is 6.99. The van der Waals surface area contributed by atoms with Gasteiger partial charge in [-0.1, -0.05) is 12.1 Å². The summed E-state index contributed by atoms with van der Waals surface area (Å²) in [5.74, 6) is -0.221. The van der Waals surface area contributed by atoms with Crippen LogP contribution in [0.2, 0.25) is 0 Å². The molecule has 0 saturated carbocycles. The number of nitrogens with one attached hydrogen (secondary N) is 2. The maximum absolute atomic E-state index is 13.0. The average molecular weight is 375 g/mol. The maximum Gasteiger partial charge on any atom is 0.315 e. The van der Waals surface area contributed by atoms with Crippen molar-refractivity contribution in [2.75, 3.05) is 19.6 Å². The minimum Gasteiger partial charge on any atom is -0.386 e. The molecule has 2 aromatic rings. The second kappa shape index (κ2) is 8.96. The van der Waals surface area contributed by atoms with Crippen molar-refractivity contribution in [2.45, 2.75) is 31.5 Å². The summed E-state index contributed by atoms with van der Waals surface area (Å²) in [5, 5.41) is 19.7. The van der Waals surface area contributed by atoms with Crippen LogP contribution in [-0.4, -0.2) is 51.5 Å². The zero-order chi connectivity index (χ0) is 19.2. The lowest BCUT2D eigenvalue weighted by Gasteiger charge is -2.32. The molecule has 2 amide bonds. The van der Waals surface area contributed by atoms with Gasteiger partial charge in [0.05, 0.1) is 12.3 Å². The number of aryl methyl sites for hydroxylation is 1. The van der Waals surface area contributed by atoms with Crippen LogP contribution in [-0.2, 0) is 13.6 Å². The minimum atomic E-state index is -0.776. The summed E-state index contributed by atoms with van der Waals surface area (Å²) in [5.41, 5.74) is 1.76. The Kier molecular flexibility index (Phi) is 6.41. The van der Waals surface area contributed by atoms with Crippen LogP contribution in [0.5, 0.6) is 0 Å². The zero-order valence-corrected chi connectivity index (χ0v) is 15.4. The Hall–Kier alpha value is -2.45. The van der Waals surface area contributed by atoms with Crippen molar-refractivity contribution >= 4 is 6.03 Å². The largest absolute Gasteiger partial charge is 0.386 e. The molecule has 146 valence electrons. The smallest absolute Gasteiger partial charge is 0.315 e. The molecule has 1 aliphatic heterocycles. The molecule has 1 saturated heterocycles. The molecule has 3 N–H and O–H groups in total. The fraction of sp³-hybridized carbons (Fsp3) is 0.474. The lowest BCUT2D eigenvalue weighted by Crippen LogP contribution is -2.48. The van der Waals surface area contributed by atoms with E-state index in [9.17, 15) is 14.3 Å². The van der Waals surface area contributed by atoms with Crippen molar-refractivity contribution in [1.29, 1.82) is 0 Å². The van der Waals surface area contributed by atoms with Gasteiger partial charge in [0.25, 0.3) is 0 Å². The van der Waals surface area contributed by atoms with Crippen LogP contribution in [0, 0.1) is 5.82 Å². The Bertz CT molecular complexity index is 741. The molecular weight excluding hydrogens is 349 g/mol. The first-order valence-electron chi connectivity index (χ1n) is 9.17. The van der Waals surface area contributed by atoms with Crippen LogP contribution >= 0.6 is 0 Å². The molecule has 1 unspecified atom stereocenters. The first kappa shape index (κ1) is 19.3. The van der Waals surface area contributed by atoms with Crippen molar-refractivity contribution in [3.63, 3.8) is 0 Å². The van der Waals surface area contributed by atoms with Gasteiger partial charge in [-0.3, -0.25) is 9.58 Å². The number of amides is 2. The molecule has 7 nitrogen and oxygen atoms in total. The Labute approximate surface area is 158 Å². The van der Waals surface area contributed by atoms with Gasteiger partial charge in [-0.25, -0.2) is 9.18 Å². The van der Waals surface area contributed by atoms with E-state index < -0.39 is 6.10 Å². The summed E-state index contributed by atoms with van der Waals surface area (Å²) in [7, 11) is 1.78. The molecule has 27 heavy (non-hydrogen) atoms. The van der Waals surface area contributed by atoms with E-state index in [-0.39, 0.29) is 24.4 Å². The highest BCUT2D eigenvalue weighted by molar-refractivity contribution is 5.74. The van der Waals surface area contributed by atoms with E-state index in [0.29, 0.717) is 5.56 Å². The Morgan fingerprint density at radius 1 is 1.33 bits per heavy atom. The minimum absolute atomic E-state index is 0.116. The number of aliphatic hydroxyl groups excluding tert-OH is 1. The van der Waals surface area contributed by atoms with Crippen molar-refractivity contribution < 1.29 is 14.3 Å². The second-order valence-corrected chi connectivity index (χ2v) is 6.99. The van der Waals surface area contributed by atoms with Gasteiger partial charge in [-0.05, 0) is 30.5 Å². The molecule has 1 aromatic heterocycles. The lowest BCUT2D eigenvalue weighted by atomic mass is 10.0. The number of carbonyl (C=O) groups is 1. The van der Waals surface area contributed by atoms with Crippen LogP contribution in [0.1, 0.15) is 30.1 Å². The number of likely N-dealkylation sites (tertiary alicyclic amines) is 1. The number of piperidine rings is 1. The van der Waals surface area contributed by atoms with Gasteiger partial charge >= 0.3 is 6.03 Å². The lowest BCUT2D eigenvalue weighted by molar-refractivity contribution is 0.167. The third kappa shape index (κ3) is 5.77. The average Bonchev–Trinajstić information content (AvgIpc) is 3.10. The van der Waals surface area contributed by atoms with Gasteiger partial charge in [-0.15, -0.1) is 0 Å². The zero-order valence-electron chi connectivity index (χ0n) is 15.4. The normalized spacial score (nSPS) is 16.9. The fourth-order valence-electron chi connectivity index (χ4n) is 3.24. The molecule has 3 rings (SSSR count). The molecular formula is C19H26FN5O2.